The summed E-state index contributed by atoms with van der Waals surface area (Å²) in [4.78, 5) is 30.2. The minimum Gasteiger partial charge on any atom is -0.489 e. The predicted molar refractivity (Wildman–Crippen MR) is 162 cm³/mol. The van der Waals surface area contributed by atoms with Gasteiger partial charge in [-0.05, 0) is 54.2 Å². The van der Waals surface area contributed by atoms with E-state index in [1.807, 2.05) is 73.7 Å². The Morgan fingerprint density at radius 2 is 1.85 bits per heavy atom. The summed E-state index contributed by atoms with van der Waals surface area (Å²) in [6.45, 7) is 7.55. The second-order valence-electron chi connectivity index (χ2n) is 10.6. The maximum Gasteiger partial charge on any atom is 0.251 e. The van der Waals surface area contributed by atoms with Gasteiger partial charge < -0.3 is 15.4 Å². The first-order valence-corrected chi connectivity index (χ1v) is 13.8. The molecular weight excluding hydrogens is 498 g/mol. The van der Waals surface area contributed by atoms with Crippen molar-refractivity contribution in [3.63, 3.8) is 0 Å². The van der Waals surface area contributed by atoms with Crippen molar-refractivity contribution in [3.8, 4) is 5.75 Å². The number of nitrogens with zero attached hydrogens (tertiary/aromatic N) is 2. The van der Waals surface area contributed by atoms with Crippen LogP contribution < -0.4 is 15.4 Å². The summed E-state index contributed by atoms with van der Waals surface area (Å²) in [6, 6.07) is 23.5. The largest absolute Gasteiger partial charge is 0.489 e. The highest BCUT2D eigenvalue weighted by molar-refractivity contribution is 6.06. The maximum absolute atomic E-state index is 13.6. The van der Waals surface area contributed by atoms with Crippen LogP contribution in [-0.4, -0.2) is 42.4 Å². The first kappa shape index (κ1) is 28.8. The molecule has 208 valence electrons. The second-order valence-corrected chi connectivity index (χ2v) is 10.6. The van der Waals surface area contributed by atoms with E-state index < -0.39 is 0 Å². The first-order chi connectivity index (χ1) is 19.3. The van der Waals surface area contributed by atoms with Crippen LogP contribution in [0.3, 0.4) is 0 Å². The molecule has 2 amide bonds. The van der Waals surface area contributed by atoms with Crippen LogP contribution in [0.2, 0.25) is 0 Å². The molecule has 0 radical (unpaired) electrons. The van der Waals surface area contributed by atoms with Gasteiger partial charge in [-0.25, -0.2) is 0 Å². The highest BCUT2D eigenvalue weighted by Crippen LogP contribution is 2.24. The number of rotatable bonds is 9. The van der Waals surface area contributed by atoms with Crippen molar-refractivity contribution in [1.29, 1.82) is 0 Å². The standard InChI is InChI=1S/C34H39N3O3/c1-25(2)29-12-7-10-27(20-29)16-17-33(38)37(23-34(39)36-18-5-4-13-30(35)22-36)31-14-8-15-32(21-31)40-24-28-11-6-9-26(3)19-28/h4-12,14-17,19-21,25,30H,13,18,22-24,35H2,1-3H3. The lowest BCUT2D eigenvalue weighted by atomic mass is 10.0. The summed E-state index contributed by atoms with van der Waals surface area (Å²) in [5.41, 5.74) is 11.1. The van der Waals surface area contributed by atoms with Crippen molar-refractivity contribution in [2.45, 2.75) is 45.8 Å². The smallest absolute Gasteiger partial charge is 0.251 e. The zero-order valence-corrected chi connectivity index (χ0v) is 23.6. The number of hydrogen-bond acceptors (Lipinski definition) is 4. The van der Waals surface area contributed by atoms with Crippen molar-refractivity contribution < 1.29 is 14.3 Å². The Bertz CT molecular complexity index is 1380. The van der Waals surface area contributed by atoms with E-state index in [0.717, 1.165) is 17.5 Å². The molecule has 0 bridgehead atoms. The number of benzene rings is 3. The molecule has 6 nitrogen and oxygen atoms in total. The van der Waals surface area contributed by atoms with Crippen LogP contribution >= 0.6 is 0 Å². The minimum atomic E-state index is -0.284. The molecule has 3 aromatic rings. The predicted octanol–water partition coefficient (Wildman–Crippen LogP) is 5.86. The van der Waals surface area contributed by atoms with Crippen molar-refractivity contribution in [3.05, 3.63) is 113 Å². The average Bonchev–Trinajstić information content (AvgIpc) is 3.18. The topological polar surface area (TPSA) is 75.9 Å². The minimum absolute atomic E-state index is 0.100. The van der Waals surface area contributed by atoms with E-state index in [4.69, 9.17) is 10.5 Å². The number of nitrogens with two attached hydrogens (primary N) is 1. The number of carbonyl (C=O) groups is 2. The fraction of sp³-hybridized carbons (Fsp3) is 0.294. The van der Waals surface area contributed by atoms with Crippen LogP contribution in [0.5, 0.6) is 5.75 Å². The summed E-state index contributed by atoms with van der Waals surface area (Å²) in [7, 11) is 0. The highest BCUT2D eigenvalue weighted by Gasteiger charge is 2.23. The Balaban J connectivity index is 1.57. The molecule has 40 heavy (non-hydrogen) atoms. The Morgan fingerprint density at radius 1 is 1.05 bits per heavy atom. The van der Waals surface area contributed by atoms with Crippen LogP contribution in [-0.2, 0) is 16.2 Å². The molecule has 0 saturated heterocycles. The van der Waals surface area contributed by atoms with Gasteiger partial charge in [0.05, 0.1) is 0 Å². The molecule has 3 aromatic carbocycles. The van der Waals surface area contributed by atoms with E-state index in [1.165, 1.54) is 22.1 Å². The lowest BCUT2D eigenvalue weighted by Gasteiger charge is -2.27. The van der Waals surface area contributed by atoms with Crippen molar-refractivity contribution in [2.75, 3.05) is 24.5 Å². The third-order valence-corrected chi connectivity index (χ3v) is 6.91. The Morgan fingerprint density at radius 3 is 2.65 bits per heavy atom. The van der Waals surface area contributed by atoms with Crippen LogP contribution in [0.15, 0.2) is 91.0 Å². The number of ether oxygens (including phenoxy) is 1. The summed E-state index contributed by atoms with van der Waals surface area (Å²) in [5.74, 6) is 0.567. The van der Waals surface area contributed by atoms with Gasteiger partial charge in [-0.15, -0.1) is 0 Å². The van der Waals surface area contributed by atoms with E-state index in [0.29, 0.717) is 37.1 Å². The van der Waals surface area contributed by atoms with Crippen LogP contribution in [0.25, 0.3) is 6.08 Å². The zero-order valence-electron chi connectivity index (χ0n) is 23.6. The van der Waals surface area contributed by atoms with E-state index in [9.17, 15) is 9.59 Å². The number of carbonyl (C=O) groups excluding carboxylic acids is 2. The van der Waals surface area contributed by atoms with E-state index >= 15 is 0 Å². The van der Waals surface area contributed by atoms with Gasteiger partial charge in [-0.3, -0.25) is 14.5 Å². The van der Waals surface area contributed by atoms with Crippen LogP contribution in [0.4, 0.5) is 5.69 Å². The summed E-state index contributed by atoms with van der Waals surface area (Å²) < 4.78 is 6.06. The first-order valence-electron chi connectivity index (χ1n) is 13.8. The molecule has 1 unspecified atom stereocenters. The number of amides is 2. The molecule has 6 heteroatoms. The molecule has 0 fully saturated rings. The monoisotopic (exact) mass is 537 g/mol. The number of hydrogen-bond donors (Lipinski definition) is 1. The molecule has 1 atom stereocenters. The van der Waals surface area contributed by atoms with Gasteiger partial charge in [0.15, 0.2) is 0 Å². The van der Waals surface area contributed by atoms with Gasteiger partial charge in [0.1, 0.15) is 18.9 Å². The number of anilines is 1. The maximum atomic E-state index is 13.6. The van der Waals surface area contributed by atoms with Gasteiger partial charge in [0.2, 0.25) is 5.91 Å². The molecular formula is C34H39N3O3. The summed E-state index contributed by atoms with van der Waals surface area (Å²) in [5, 5.41) is 0. The normalized spacial score (nSPS) is 15.3. The molecule has 0 aliphatic carbocycles. The summed E-state index contributed by atoms with van der Waals surface area (Å²) in [6.07, 6.45) is 8.02. The molecule has 2 N–H and O–H groups in total. The van der Waals surface area contributed by atoms with Crippen molar-refractivity contribution >= 4 is 23.6 Å². The SMILES string of the molecule is Cc1cccc(COc2cccc(N(CC(=O)N3CC=CCC(N)C3)C(=O)C=Cc3cccc(C(C)C)c3)c2)c1. The second kappa shape index (κ2) is 13.8. The lowest BCUT2D eigenvalue weighted by Crippen LogP contribution is -2.46. The van der Waals surface area contributed by atoms with Crippen molar-refractivity contribution in [2.24, 2.45) is 5.73 Å². The molecule has 4 rings (SSSR count). The molecule has 0 spiro atoms. The Hall–Kier alpha value is -4.16. The van der Waals surface area contributed by atoms with Gasteiger partial charge in [0.25, 0.3) is 5.91 Å². The zero-order chi connectivity index (χ0) is 28.5. The molecule has 0 aromatic heterocycles. The summed E-state index contributed by atoms with van der Waals surface area (Å²) >= 11 is 0. The fourth-order valence-electron chi connectivity index (χ4n) is 4.63. The van der Waals surface area contributed by atoms with E-state index in [1.54, 1.807) is 11.0 Å². The molecule has 1 aliphatic heterocycles. The highest BCUT2D eigenvalue weighted by atomic mass is 16.5. The molecule has 0 saturated carbocycles. The van der Waals surface area contributed by atoms with Crippen LogP contribution in [0.1, 0.15) is 48.4 Å². The fourth-order valence-corrected chi connectivity index (χ4v) is 4.63. The van der Waals surface area contributed by atoms with Gasteiger partial charge in [0, 0.05) is 37.0 Å². The third-order valence-electron chi connectivity index (χ3n) is 6.91. The van der Waals surface area contributed by atoms with Crippen LogP contribution in [0, 0.1) is 6.92 Å². The van der Waals surface area contributed by atoms with E-state index in [2.05, 4.69) is 32.0 Å². The van der Waals surface area contributed by atoms with E-state index in [-0.39, 0.29) is 24.4 Å². The van der Waals surface area contributed by atoms with Crippen molar-refractivity contribution in [1.82, 2.24) is 4.90 Å². The van der Waals surface area contributed by atoms with Gasteiger partial charge in [-0.2, -0.15) is 0 Å². The quantitative estimate of drug-likeness (QED) is 0.274. The number of aryl methyl sites for hydroxylation is 1. The molecule has 1 heterocycles. The third kappa shape index (κ3) is 8.17. The van der Waals surface area contributed by atoms with Gasteiger partial charge in [-0.1, -0.05) is 86.2 Å². The average molecular weight is 538 g/mol. The Kier molecular flexibility index (Phi) is 9.92. The lowest BCUT2D eigenvalue weighted by molar-refractivity contribution is -0.130. The Labute approximate surface area is 237 Å². The van der Waals surface area contributed by atoms with Gasteiger partial charge >= 0.3 is 0 Å². The molecule has 1 aliphatic rings.